The van der Waals surface area contributed by atoms with Gasteiger partial charge in [-0.15, -0.1) is 0 Å². The predicted molar refractivity (Wildman–Crippen MR) is 54.5 cm³/mol. The van der Waals surface area contributed by atoms with E-state index in [2.05, 4.69) is 0 Å². The first-order valence-corrected chi connectivity index (χ1v) is 4.57. The maximum Gasteiger partial charge on any atom is 0.335 e. The molecule has 0 spiro atoms. The third kappa shape index (κ3) is 2.19. The molecule has 0 heterocycles. The van der Waals surface area contributed by atoms with Crippen LogP contribution in [0.25, 0.3) is 0 Å². The molecule has 0 aliphatic rings. The molecular weight excluding hydrogens is 210 g/mol. The highest BCUT2D eigenvalue weighted by Crippen LogP contribution is 2.24. The van der Waals surface area contributed by atoms with E-state index in [1.54, 1.807) is 19.1 Å². The maximum absolute atomic E-state index is 10.5. The number of carbonyl (C=O) groups is 1. The van der Waals surface area contributed by atoms with Gasteiger partial charge in [0.1, 0.15) is 6.10 Å². The number of hydrogen-bond acceptors (Lipinski definition) is 4. The Hall–Kier alpha value is -1.90. The normalized spacial score (nSPS) is 13.9. The molecule has 0 aromatic heterocycles. The van der Waals surface area contributed by atoms with E-state index < -0.39 is 18.2 Å². The van der Waals surface area contributed by atoms with Crippen LogP contribution in [0.15, 0.2) is 18.2 Å². The molecule has 1 rings (SSSR count). The van der Waals surface area contributed by atoms with Crippen molar-refractivity contribution in [2.45, 2.75) is 19.1 Å². The van der Waals surface area contributed by atoms with Gasteiger partial charge in [-0.3, -0.25) is 0 Å². The molecule has 0 saturated carbocycles. The Morgan fingerprint density at radius 3 is 2.56 bits per heavy atom. The van der Waals surface area contributed by atoms with Crippen LogP contribution in [-0.4, -0.2) is 27.4 Å². The summed E-state index contributed by atoms with van der Waals surface area (Å²) in [6.45, 7) is 1.63. The van der Waals surface area contributed by atoms with Gasteiger partial charge in [-0.1, -0.05) is 12.1 Å². The lowest BCUT2D eigenvalue weighted by atomic mass is 9.95. The highest BCUT2D eigenvalue weighted by molar-refractivity contribution is 5.73. The van der Waals surface area contributed by atoms with Gasteiger partial charge < -0.3 is 15.3 Å². The Kier molecular flexibility index (Phi) is 3.61. The largest absolute Gasteiger partial charge is 0.479 e. The second-order valence-electron chi connectivity index (χ2n) is 3.38. The molecule has 0 bridgehead atoms. The number of aryl methyl sites for hydroxylation is 1. The third-order valence-corrected chi connectivity index (χ3v) is 2.29. The average molecular weight is 221 g/mol. The Morgan fingerprint density at radius 1 is 1.44 bits per heavy atom. The van der Waals surface area contributed by atoms with Gasteiger partial charge in [-0.25, -0.2) is 4.79 Å². The summed E-state index contributed by atoms with van der Waals surface area (Å²) < 4.78 is 0. The fourth-order valence-electron chi connectivity index (χ4n) is 1.46. The molecular formula is C11H11NO4. The van der Waals surface area contributed by atoms with Crippen LogP contribution in [0.4, 0.5) is 0 Å². The highest BCUT2D eigenvalue weighted by Gasteiger charge is 2.28. The van der Waals surface area contributed by atoms with E-state index in [1.165, 1.54) is 6.07 Å². The molecule has 5 nitrogen and oxygen atoms in total. The summed E-state index contributed by atoms with van der Waals surface area (Å²) in [4.78, 5) is 10.5. The van der Waals surface area contributed by atoms with E-state index in [-0.39, 0.29) is 11.1 Å². The van der Waals surface area contributed by atoms with Crippen LogP contribution >= 0.6 is 0 Å². The standard InChI is InChI=1S/C11H11NO4/c1-6-3-2-4-7(5-12)8(6)9(13)10(14)11(15)16/h2-4,9-10,13-14H,1H3,(H,15,16). The van der Waals surface area contributed by atoms with Crippen LogP contribution in [0.1, 0.15) is 22.8 Å². The van der Waals surface area contributed by atoms with Crippen molar-refractivity contribution in [3.63, 3.8) is 0 Å². The zero-order valence-electron chi connectivity index (χ0n) is 8.58. The van der Waals surface area contributed by atoms with E-state index in [4.69, 9.17) is 10.4 Å². The van der Waals surface area contributed by atoms with Crippen LogP contribution in [0.2, 0.25) is 0 Å². The fraction of sp³-hybridized carbons (Fsp3) is 0.273. The number of nitrogens with zero attached hydrogens (tertiary/aromatic N) is 1. The van der Waals surface area contributed by atoms with Gasteiger partial charge >= 0.3 is 5.97 Å². The molecule has 2 unspecified atom stereocenters. The first-order chi connectivity index (χ1) is 7.49. The molecule has 16 heavy (non-hydrogen) atoms. The van der Waals surface area contributed by atoms with Crippen LogP contribution < -0.4 is 0 Å². The first-order valence-electron chi connectivity index (χ1n) is 4.57. The topological polar surface area (TPSA) is 102 Å². The first kappa shape index (κ1) is 12.2. The molecule has 0 aliphatic carbocycles. The van der Waals surface area contributed by atoms with Crippen LogP contribution in [0.3, 0.4) is 0 Å². The number of aliphatic carboxylic acids is 1. The monoisotopic (exact) mass is 221 g/mol. The number of rotatable bonds is 3. The predicted octanol–water partition coefficient (Wildman–Crippen LogP) is 0.346. The number of benzene rings is 1. The SMILES string of the molecule is Cc1cccc(C#N)c1C(O)C(O)C(=O)O. The third-order valence-electron chi connectivity index (χ3n) is 2.29. The Bertz CT molecular complexity index is 450. The van der Waals surface area contributed by atoms with Gasteiger partial charge in [0, 0.05) is 5.56 Å². The summed E-state index contributed by atoms with van der Waals surface area (Å²) in [6, 6.07) is 6.56. The van der Waals surface area contributed by atoms with Gasteiger partial charge in [-0.2, -0.15) is 5.26 Å². The van der Waals surface area contributed by atoms with Gasteiger partial charge in [0.05, 0.1) is 11.6 Å². The van der Waals surface area contributed by atoms with Gasteiger partial charge in [0.15, 0.2) is 6.10 Å². The number of hydrogen-bond donors (Lipinski definition) is 3. The minimum Gasteiger partial charge on any atom is -0.479 e. The quantitative estimate of drug-likeness (QED) is 0.683. The van der Waals surface area contributed by atoms with E-state index >= 15 is 0 Å². The van der Waals surface area contributed by atoms with Crippen molar-refractivity contribution >= 4 is 5.97 Å². The van der Waals surface area contributed by atoms with Crippen LogP contribution in [0, 0.1) is 18.3 Å². The van der Waals surface area contributed by atoms with Gasteiger partial charge in [-0.05, 0) is 18.6 Å². The Labute approximate surface area is 92.2 Å². The Balaban J connectivity index is 3.23. The Morgan fingerprint density at radius 2 is 2.06 bits per heavy atom. The highest BCUT2D eigenvalue weighted by atomic mass is 16.4. The maximum atomic E-state index is 10.5. The second-order valence-corrected chi connectivity index (χ2v) is 3.38. The minimum atomic E-state index is -1.94. The molecule has 1 aromatic rings. The molecule has 84 valence electrons. The lowest BCUT2D eigenvalue weighted by molar-refractivity contribution is -0.153. The number of carboxylic acid groups (broad SMARTS) is 1. The summed E-state index contributed by atoms with van der Waals surface area (Å²) in [7, 11) is 0. The molecule has 0 amide bonds. The molecule has 5 heteroatoms. The van der Waals surface area contributed by atoms with Crippen molar-refractivity contribution in [1.82, 2.24) is 0 Å². The number of nitriles is 1. The summed E-state index contributed by atoms with van der Waals surface area (Å²) in [5.41, 5.74) is 0.875. The second kappa shape index (κ2) is 4.75. The van der Waals surface area contributed by atoms with Crippen molar-refractivity contribution in [3.8, 4) is 6.07 Å². The zero-order chi connectivity index (χ0) is 12.3. The molecule has 0 fully saturated rings. The van der Waals surface area contributed by atoms with Crippen LogP contribution in [-0.2, 0) is 4.79 Å². The van der Waals surface area contributed by atoms with E-state index in [1.807, 2.05) is 6.07 Å². The van der Waals surface area contributed by atoms with Crippen molar-refractivity contribution in [1.29, 1.82) is 5.26 Å². The summed E-state index contributed by atoms with van der Waals surface area (Å²) >= 11 is 0. The molecule has 0 saturated heterocycles. The van der Waals surface area contributed by atoms with E-state index in [0.717, 1.165) is 0 Å². The van der Waals surface area contributed by atoms with Gasteiger partial charge in [0.25, 0.3) is 0 Å². The fourth-order valence-corrected chi connectivity index (χ4v) is 1.46. The van der Waals surface area contributed by atoms with Crippen molar-refractivity contribution in [2.24, 2.45) is 0 Å². The summed E-state index contributed by atoms with van der Waals surface area (Å²) in [5, 5.41) is 36.3. The van der Waals surface area contributed by atoms with Crippen molar-refractivity contribution < 1.29 is 20.1 Å². The lowest BCUT2D eigenvalue weighted by Crippen LogP contribution is -2.28. The summed E-state index contributed by atoms with van der Waals surface area (Å²) in [5.74, 6) is -1.53. The zero-order valence-corrected chi connectivity index (χ0v) is 8.58. The van der Waals surface area contributed by atoms with Gasteiger partial charge in [0.2, 0.25) is 0 Å². The number of aliphatic hydroxyl groups excluding tert-OH is 2. The van der Waals surface area contributed by atoms with Crippen molar-refractivity contribution in [2.75, 3.05) is 0 Å². The molecule has 2 atom stereocenters. The van der Waals surface area contributed by atoms with Crippen molar-refractivity contribution in [3.05, 3.63) is 34.9 Å². The molecule has 1 aromatic carbocycles. The molecule has 3 N–H and O–H groups in total. The number of aliphatic hydroxyl groups is 2. The molecule has 0 radical (unpaired) electrons. The van der Waals surface area contributed by atoms with E-state index in [0.29, 0.717) is 5.56 Å². The minimum absolute atomic E-state index is 0.153. The van der Waals surface area contributed by atoms with E-state index in [9.17, 15) is 15.0 Å². The molecule has 0 aliphatic heterocycles. The average Bonchev–Trinajstić information content (AvgIpc) is 2.26. The van der Waals surface area contributed by atoms with Crippen LogP contribution in [0.5, 0.6) is 0 Å². The summed E-state index contributed by atoms with van der Waals surface area (Å²) in [6.07, 6.45) is -3.54. The smallest absolute Gasteiger partial charge is 0.335 e. The number of carboxylic acids is 1. The lowest BCUT2D eigenvalue weighted by Gasteiger charge is -2.17.